The van der Waals surface area contributed by atoms with Crippen molar-refractivity contribution in [2.45, 2.75) is 103 Å². The van der Waals surface area contributed by atoms with Crippen molar-refractivity contribution in [1.29, 1.82) is 0 Å². The van der Waals surface area contributed by atoms with Gasteiger partial charge in [-0.1, -0.05) is 26.3 Å². The first-order chi connectivity index (χ1) is 16.0. The molecular weight excluding hydrogens is 432 g/mol. The first-order valence-corrected chi connectivity index (χ1v) is 13.6. The SMILES string of the molecule is CC1=C(CO)C(=O)O[C@@H]([C@H](C)[C@H]2CC[C@H]3[C@@H]4[C@H](O)C[C@@H]5C[C@@H](O)C[C@H](O)[C@]5(C)[C@H]4CC[C@]23C)C1. The average Bonchev–Trinajstić information content (AvgIpc) is 3.12. The molecule has 4 N–H and O–H groups in total. The van der Waals surface area contributed by atoms with Crippen molar-refractivity contribution in [3.63, 3.8) is 0 Å². The van der Waals surface area contributed by atoms with Crippen LogP contribution in [0.5, 0.6) is 0 Å². The van der Waals surface area contributed by atoms with Gasteiger partial charge in [-0.3, -0.25) is 0 Å². The molecule has 0 unspecified atom stereocenters. The molecule has 1 heterocycles. The molecule has 4 saturated carbocycles. The molecule has 0 aromatic heterocycles. The number of aliphatic hydroxyl groups is 4. The first kappa shape index (κ1) is 24.7. The van der Waals surface area contributed by atoms with Crippen LogP contribution in [-0.4, -0.2) is 57.4 Å². The molecule has 0 radical (unpaired) electrons. The van der Waals surface area contributed by atoms with E-state index in [4.69, 9.17) is 4.74 Å². The highest BCUT2D eigenvalue weighted by Gasteiger charge is 2.65. The Balaban J connectivity index is 1.39. The number of ether oxygens (including phenoxy) is 1. The molecule has 34 heavy (non-hydrogen) atoms. The largest absolute Gasteiger partial charge is 0.458 e. The van der Waals surface area contributed by atoms with Crippen molar-refractivity contribution in [3.05, 3.63) is 11.1 Å². The van der Waals surface area contributed by atoms with Crippen LogP contribution in [0.2, 0.25) is 0 Å². The van der Waals surface area contributed by atoms with Crippen molar-refractivity contribution in [3.8, 4) is 0 Å². The van der Waals surface area contributed by atoms with Crippen LogP contribution in [0.25, 0.3) is 0 Å². The van der Waals surface area contributed by atoms with Gasteiger partial charge < -0.3 is 25.2 Å². The molecule has 0 aromatic carbocycles. The molecule has 0 spiro atoms. The fourth-order valence-corrected chi connectivity index (χ4v) is 9.77. The molecule has 0 saturated heterocycles. The van der Waals surface area contributed by atoms with Gasteiger partial charge in [-0.2, -0.15) is 0 Å². The Morgan fingerprint density at radius 3 is 2.47 bits per heavy atom. The molecular formula is C28H44O6. The summed E-state index contributed by atoms with van der Waals surface area (Å²) in [6.45, 7) is 8.51. The molecule has 6 nitrogen and oxygen atoms in total. The number of fused-ring (bicyclic) bond motifs is 5. The standard InChI is InChI=1S/C28H44O6/c1-14-9-23(34-26(33)18(14)13-29)15(2)19-5-6-20-25-21(7-8-27(19,20)3)28(4)16(11-22(25)31)10-17(30)12-24(28)32/h15-17,19-25,29-32H,5-13H2,1-4H3/t15-,16+,17-,19-,20+,21+,22-,23-,24+,25+,27-,28+/m1/s1. The summed E-state index contributed by atoms with van der Waals surface area (Å²) < 4.78 is 5.83. The normalized spacial score (nSPS) is 51.9. The van der Waals surface area contributed by atoms with Crippen molar-refractivity contribution >= 4 is 5.97 Å². The quantitative estimate of drug-likeness (QED) is 0.466. The Hall–Kier alpha value is -0.950. The van der Waals surface area contributed by atoms with Gasteiger partial charge in [-0.15, -0.1) is 0 Å². The molecule has 6 heteroatoms. The predicted octanol–water partition coefficient (Wildman–Crippen LogP) is 3.21. The van der Waals surface area contributed by atoms with Crippen LogP contribution in [0.3, 0.4) is 0 Å². The zero-order valence-electron chi connectivity index (χ0n) is 21.2. The van der Waals surface area contributed by atoms with Gasteiger partial charge in [0.2, 0.25) is 0 Å². The van der Waals surface area contributed by atoms with Crippen molar-refractivity contribution in [2.24, 2.45) is 46.3 Å². The fourth-order valence-electron chi connectivity index (χ4n) is 9.77. The number of carbonyl (C=O) groups is 1. The summed E-state index contributed by atoms with van der Waals surface area (Å²) in [5, 5.41) is 42.4. The Morgan fingerprint density at radius 1 is 1.06 bits per heavy atom. The van der Waals surface area contributed by atoms with Gasteiger partial charge in [-0.25, -0.2) is 4.79 Å². The van der Waals surface area contributed by atoms with E-state index in [1.807, 2.05) is 6.92 Å². The third-order valence-electron chi connectivity index (χ3n) is 11.7. The van der Waals surface area contributed by atoms with Crippen molar-refractivity contribution in [2.75, 3.05) is 6.61 Å². The van der Waals surface area contributed by atoms with E-state index >= 15 is 0 Å². The number of esters is 1. The lowest BCUT2D eigenvalue weighted by atomic mass is 9.43. The van der Waals surface area contributed by atoms with Crippen molar-refractivity contribution < 1.29 is 30.0 Å². The monoisotopic (exact) mass is 476 g/mol. The van der Waals surface area contributed by atoms with Crippen LogP contribution < -0.4 is 0 Å². The molecule has 5 aliphatic rings. The molecule has 12 atom stereocenters. The second-order valence-corrected chi connectivity index (χ2v) is 12.9. The molecule has 5 rings (SSSR count). The highest BCUT2D eigenvalue weighted by Crippen LogP contribution is 2.68. The highest BCUT2D eigenvalue weighted by molar-refractivity contribution is 5.90. The first-order valence-electron chi connectivity index (χ1n) is 13.6. The van der Waals surface area contributed by atoms with E-state index in [1.54, 1.807) is 0 Å². The minimum absolute atomic E-state index is 0.0746. The summed E-state index contributed by atoms with van der Waals surface area (Å²) in [6, 6.07) is 0. The zero-order chi connectivity index (χ0) is 24.6. The summed E-state index contributed by atoms with van der Waals surface area (Å²) >= 11 is 0. The summed E-state index contributed by atoms with van der Waals surface area (Å²) in [5.41, 5.74) is 1.18. The van der Waals surface area contributed by atoms with E-state index in [9.17, 15) is 25.2 Å². The van der Waals surface area contributed by atoms with Gasteiger partial charge in [0.05, 0.1) is 30.5 Å². The maximum atomic E-state index is 12.5. The van der Waals surface area contributed by atoms with E-state index in [-0.39, 0.29) is 59.3 Å². The Morgan fingerprint density at radius 2 is 1.79 bits per heavy atom. The van der Waals surface area contributed by atoms with Crippen LogP contribution in [0, 0.1) is 46.3 Å². The topological polar surface area (TPSA) is 107 Å². The summed E-state index contributed by atoms with van der Waals surface area (Å²) in [7, 11) is 0. The Kier molecular flexibility index (Phi) is 6.23. The Labute approximate surface area is 203 Å². The third-order valence-corrected chi connectivity index (χ3v) is 11.7. The lowest BCUT2D eigenvalue weighted by molar-refractivity contribution is -0.213. The molecule has 0 amide bonds. The second kappa shape index (κ2) is 8.57. The van der Waals surface area contributed by atoms with Crippen LogP contribution in [0.4, 0.5) is 0 Å². The van der Waals surface area contributed by atoms with Gasteiger partial charge in [-0.05, 0) is 98.2 Å². The average molecular weight is 477 g/mol. The number of hydrogen-bond acceptors (Lipinski definition) is 6. The van der Waals surface area contributed by atoms with E-state index in [0.29, 0.717) is 43.1 Å². The summed E-state index contributed by atoms with van der Waals surface area (Å²) in [5.74, 6) is 1.27. The lowest BCUT2D eigenvalue weighted by Crippen LogP contribution is -2.63. The smallest absolute Gasteiger partial charge is 0.336 e. The Bertz CT molecular complexity index is 854. The number of aliphatic hydroxyl groups excluding tert-OH is 4. The minimum Gasteiger partial charge on any atom is -0.458 e. The van der Waals surface area contributed by atoms with E-state index in [2.05, 4.69) is 20.8 Å². The maximum absolute atomic E-state index is 12.5. The van der Waals surface area contributed by atoms with Crippen LogP contribution in [0.15, 0.2) is 11.1 Å². The van der Waals surface area contributed by atoms with Crippen LogP contribution in [0.1, 0.15) is 79.1 Å². The summed E-state index contributed by atoms with van der Waals surface area (Å²) in [4.78, 5) is 12.5. The molecule has 0 aromatic rings. The van der Waals surface area contributed by atoms with E-state index in [0.717, 1.165) is 31.3 Å². The van der Waals surface area contributed by atoms with Gasteiger partial charge >= 0.3 is 5.97 Å². The maximum Gasteiger partial charge on any atom is 0.336 e. The van der Waals surface area contributed by atoms with Gasteiger partial charge in [0.15, 0.2) is 0 Å². The number of cyclic esters (lactones) is 1. The molecule has 192 valence electrons. The number of rotatable bonds is 3. The number of carbonyl (C=O) groups excluding carboxylic acids is 1. The second-order valence-electron chi connectivity index (χ2n) is 12.9. The fraction of sp³-hybridized carbons (Fsp3) is 0.893. The van der Waals surface area contributed by atoms with Gasteiger partial charge in [0.25, 0.3) is 0 Å². The lowest BCUT2D eigenvalue weighted by Gasteiger charge is -2.63. The summed E-state index contributed by atoms with van der Waals surface area (Å²) in [6.07, 6.45) is 5.16. The highest BCUT2D eigenvalue weighted by atomic mass is 16.5. The van der Waals surface area contributed by atoms with Gasteiger partial charge in [0, 0.05) is 6.42 Å². The molecule has 1 aliphatic heterocycles. The van der Waals surface area contributed by atoms with E-state index < -0.39 is 12.2 Å². The number of hydrogen-bond donors (Lipinski definition) is 4. The van der Waals surface area contributed by atoms with Crippen LogP contribution >= 0.6 is 0 Å². The molecule has 4 fully saturated rings. The van der Waals surface area contributed by atoms with Crippen LogP contribution in [-0.2, 0) is 9.53 Å². The van der Waals surface area contributed by atoms with Crippen molar-refractivity contribution in [1.82, 2.24) is 0 Å². The third kappa shape index (κ3) is 3.46. The zero-order valence-corrected chi connectivity index (χ0v) is 21.2. The molecule has 4 aliphatic carbocycles. The molecule has 0 bridgehead atoms. The minimum atomic E-state index is -0.515. The van der Waals surface area contributed by atoms with Gasteiger partial charge in [0.1, 0.15) is 6.10 Å². The van der Waals surface area contributed by atoms with E-state index in [1.165, 1.54) is 0 Å². The predicted molar refractivity (Wildman–Crippen MR) is 127 cm³/mol.